The van der Waals surface area contributed by atoms with Crippen molar-refractivity contribution in [2.75, 3.05) is 12.3 Å². The van der Waals surface area contributed by atoms with E-state index in [2.05, 4.69) is 10.4 Å². The molecule has 1 aromatic heterocycles. The van der Waals surface area contributed by atoms with Crippen LogP contribution in [0.1, 0.15) is 43.7 Å². The highest BCUT2D eigenvalue weighted by atomic mass is 16.1. The Morgan fingerprint density at radius 2 is 2.33 bits per heavy atom. The van der Waals surface area contributed by atoms with Crippen LogP contribution in [0.2, 0.25) is 0 Å². The first-order valence-electron chi connectivity index (χ1n) is 5.19. The quantitative estimate of drug-likeness (QED) is 0.784. The van der Waals surface area contributed by atoms with Crippen molar-refractivity contribution in [3.63, 3.8) is 0 Å². The fourth-order valence-electron chi connectivity index (χ4n) is 1.17. The van der Waals surface area contributed by atoms with E-state index in [1.165, 1.54) is 0 Å². The summed E-state index contributed by atoms with van der Waals surface area (Å²) in [6.45, 7) is 6.61. The number of hydrogen-bond donors (Lipinski definition) is 2. The zero-order valence-electron chi connectivity index (χ0n) is 9.45. The molecular formula is C10H18N4O. The predicted octanol–water partition coefficient (Wildman–Crippen LogP) is 1.19. The monoisotopic (exact) mass is 210 g/mol. The summed E-state index contributed by atoms with van der Waals surface area (Å²) in [5.41, 5.74) is 6.45. The minimum atomic E-state index is -0.200. The molecule has 0 aliphatic carbocycles. The fraction of sp³-hybridized carbons (Fsp3) is 0.600. The highest BCUT2D eigenvalue weighted by molar-refractivity contribution is 5.96. The second-order valence-electron chi connectivity index (χ2n) is 3.76. The van der Waals surface area contributed by atoms with Crippen molar-refractivity contribution in [2.45, 2.75) is 33.2 Å². The van der Waals surface area contributed by atoms with E-state index in [1.54, 1.807) is 10.9 Å². The first-order valence-corrected chi connectivity index (χ1v) is 5.19. The molecule has 1 amide bonds. The Hall–Kier alpha value is -1.52. The summed E-state index contributed by atoms with van der Waals surface area (Å²) in [7, 11) is 0. The summed E-state index contributed by atoms with van der Waals surface area (Å²) in [5, 5.41) is 6.89. The van der Waals surface area contributed by atoms with Crippen molar-refractivity contribution in [3.05, 3.63) is 11.9 Å². The van der Waals surface area contributed by atoms with Gasteiger partial charge in [0.1, 0.15) is 0 Å². The van der Waals surface area contributed by atoms with Crippen LogP contribution < -0.4 is 11.1 Å². The number of nitrogens with zero attached hydrogens (tertiary/aromatic N) is 2. The molecule has 1 rings (SSSR count). The summed E-state index contributed by atoms with van der Waals surface area (Å²) in [5.74, 6) is -0.200. The van der Waals surface area contributed by atoms with Gasteiger partial charge >= 0.3 is 0 Å². The molecule has 5 heteroatoms. The van der Waals surface area contributed by atoms with Gasteiger partial charge in [0, 0.05) is 18.8 Å². The van der Waals surface area contributed by atoms with Crippen molar-refractivity contribution in [3.8, 4) is 0 Å². The SMILES string of the molecule is CCCNC(=O)c1nn(C(C)C)cc1N. The largest absolute Gasteiger partial charge is 0.396 e. The van der Waals surface area contributed by atoms with Crippen LogP contribution in [0.3, 0.4) is 0 Å². The van der Waals surface area contributed by atoms with Crippen molar-refractivity contribution < 1.29 is 4.79 Å². The number of rotatable bonds is 4. The molecular weight excluding hydrogens is 192 g/mol. The second kappa shape index (κ2) is 4.82. The molecule has 0 spiro atoms. The molecule has 0 aliphatic rings. The molecule has 0 atom stereocenters. The summed E-state index contributed by atoms with van der Waals surface area (Å²) in [6, 6.07) is 0.208. The molecule has 3 N–H and O–H groups in total. The molecule has 0 bridgehead atoms. The van der Waals surface area contributed by atoms with E-state index < -0.39 is 0 Å². The van der Waals surface area contributed by atoms with E-state index in [9.17, 15) is 4.79 Å². The summed E-state index contributed by atoms with van der Waals surface area (Å²) in [6.07, 6.45) is 2.59. The lowest BCUT2D eigenvalue weighted by Crippen LogP contribution is -2.25. The zero-order valence-corrected chi connectivity index (χ0v) is 9.45. The molecule has 84 valence electrons. The number of carbonyl (C=O) groups excluding carboxylic acids is 1. The maximum atomic E-state index is 11.6. The predicted molar refractivity (Wildman–Crippen MR) is 59.6 cm³/mol. The highest BCUT2D eigenvalue weighted by Gasteiger charge is 2.14. The van der Waals surface area contributed by atoms with E-state index in [1.807, 2.05) is 20.8 Å². The summed E-state index contributed by atoms with van der Waals surface area (Å²) < 4.78 is 1.69. The molecule has 0 aromatic carbocycles. The number of amides is 1. The van der Waals surface area contributed by atoms with Gasteiger partial charge in [-0.05, 0) is 20.3 Å². The molecule has 0 fully saturated rings. The number of hydrogen-bond acceptors (Lipinski definition) is 3. The minimum Gasteiger partial charge on any atom is -0.396 e. The standard InChI is InChI=1S/C10H18N4O/c1-4-5-12-10(15)9-8(11)6-14(13-9)7(2)3/h6-7H,4-5,11H2,1-3H3,(H,12,15). The highest BCUT2D eigenvalue weighted by Crippen LogP contribution is 2.12. The number of aromatic nitrogens is 2. The van der Waals surface area contributed by atoms with Crippen LogP contribution in [0.5, 0.6) is 0 Å². The number of nitrogens with one attached hydrogen (secondary N) is 1. The number of nitrogens with two attached hydrogens (primary N) is 1. The van der Waals surface area contributed by atoms with Gasteiger partial charge in [0.25, 0.3) is 5.91 Å². The van der Waals surface area contributed by atoms with E-state index >= 15 is 0 Å². The van der Waals surface area contributed by atoms with Crippen LogP contribution >= 0.6 is 0 Å². The van der Waals surface area contributed by atoms with Crippen molar-refractivity contribution >= 4 is 11.6 Å². The topological polar surface area (TPSA) is 72.9 Å². The first-order chi connectivity index (χ1) is 7.06. The Kier molecular flexibility index (Phi) is 3.71. The van der Waals surface area contributed by atoms with Crippen molar-refractivity contribution in [1.82, 2.24) is 15.1 Å². The first kappa shape index (κ1) is 11.6. The molecule has 15 heavy (non-hydrogen) atoms. The average molecular weight is 210 g/mol. The third kappa shape index (κ3) is 2.71. The normalized spacial score (nSPS) is 10.7. The van der Waals surface area contributed by atoms with E-state index in [0.29, 0.717) is 17.9 Å². The van der Waals surface area contributed by atoms with Crippen LogP contribution in [0, 0.1) is 0 Å². The third-order valence-corrected chi connectivity index (χ3v) is 2.04. The Bertz CT molecular complexity index is 343. The molecule has 0 saturated heterocycles. The van der Waals surface area contributed by atoms with Gasteiger partial charge in [-0.25, -0.2) is 0 Å². The molecule has 0 saturated carbocycles. The molecule has 0 aliphatic heterocycles. The molecule has 1 aromatic rings. The van der Waals surface area contributed by atoms with Crippen LogP contribution in [0.25, 0.3) is 0 Å². The van der Waals surface area contributed by atoms with Gasteiger partial charge in [0.05, 0.1) is 5.69 Å². The Balaban J connectivity index is 2.80. The lowest BCUT2D eigenvalue weighted by molar-refractivity contribution is 0.0948. The van der Waals surface area contributed by atoms with Crippen molar-refractivity contribution in [2.24, 2.45) is 0 Å². The van der Waals surface area contributed by atoms with E-state index in [0.717, 1.165) is 6.42 Å². The Labute approximate surface area is 89.6 Å². The fourth-order valence-corrected chi connectivity index (χ4v) is 1.17. The van der Waals surface area contributed by atoms with Crippen LogP contribution in [0.15, 0.2) is 6.20 Å². The Morgan fingerprint density at radius 3 is 2.80 bits per heavy atom. The zero-order chi connectivity index (χ0) is 11.4. The summed E-state index contributed by atoms with van der Waals surface area (Å²) >= 11 is 0. The van der Waals surface area contributed by atoms with Crippen LogP contribution in [-0.2, 0) is 0 Å². The number of carbonyl (C=O) groups is 1. The second-order valence-corrected chi connectivity index (χ2v) is 3.76. The Morgan fingerprint density at radius 1 is 1.67 bits per heavy atom. The lowest BCUT2D eigenvalue weighted by Gasteiger charge is -2.03. The minimum absolute atomic E-state index is 0.200. The van der Waals surface area contributed by atoms with Crippen molar-refractivity contribution in [1.29, 1.82) is 0 Å². The van der Waals surface area contributed by atoms with Crippen LogP contribution in [0.4, 0.5) is 5.69 Å². The van der Waals surface area contributed by atoms with Gasteiger partial charge < -0.3 is 11.1 Å². The maximum Gasteiger partial charge on any atom is 0.273 e. The van der Waals surface area contributed by atoms with Gasteiger partial charge in [0.15, 0.2) is 5.69 Å². The number of anilines is 1. The van der Waals surface area contributed by atoms with Gasteiger partial charge in [-0.1, -0.05) is 6.92 Å². The lowest BCUT2D eigenvalue weighted by atomic mass is 10.3. The third-order valence-electron chi connectivity index (χ3n) is 2.04. The van der Waals surface area contributed by atoms with Gasteiger partial charge in [-0.2, -0.15) is 5.10 Å². The van der Waals surface area contributed by atoms with E-state index in [4.69, 9.17) is 5.73 Å². The van der Waals surface area contributed by atoms with Gasteiger partial charge in [-0.3, -0.25) is 9.48 Å². The maximum absolute atomic E-state index is 11.6. The smallest absolute Gasteiger partial charge is 0.273 e. The van der Waals surface area contributed by atoms with E-state index in [-0.39, 0.29) is 11.9 Å². The average Bonchev–Trinajstić information content (AvgIpc) is 2.57. The molecule has 0 radical (unpaired) electrons. The molecule has 5 nitrogen and oxygen atoms in total. The molecule has 0 unspecified atom stereocenters. The van der Waals surface area contributed by atoms with Crippen LogP contribution in [-0.4, -0.2) is 22.2 Å². The van der Waals surface area contributed by atoms with Gasteiger partial charge in [-0.15, -0.1) is 0 Å². The number of nitrogen functional groups attached to an aromatic ring is 1. The molecule has 1 heterocycles. The van der Waals surface area contributed by atoms with Gasteiger partial charge in [0.2, 0.25) is 0 Å². The summed E-state index contributed by atoms with van der Waals surface area (Å²) in [4.78, 5) is 11.6.